The fourth-order valence-corrected chi connectivity index (χ4v) is 2.27. The van der Waals surface area contributed by atoms with E-state index in [1.807, 2.05) is 37.3 Å². The zero-order valence-electron chi connectivity index (χ0n) is 12.6. The molecule has 112 valence electrons. The number of hydrogen-bond acceptors (Lipinski definition) is 3. The minimum Gasteiger partial charge on any atom is -0.494 e. The number of anilines is 1. The zero-order valence-corrected chi connectivity index (χ0v) is 12.6. The van der Waals surface area contributed by atoms with Crippen LogP contribution < -0.4 is 16.0 Å². The van der Waals surface area contributed by atoms with Crippen LogP contribution in [0.3, 0.4) is 0 Å². The summed E-state index contributed by atoms with van der Waals surface area (Å²) in [5.41, 5.74) is 7.81. The molecule has 0 bridgehead atoms. The fraction of sp³-hybridized carbons (Fsp3) is 0.353. The second kappa shape index (κ2) is 6.97. The molecule has 2 aromatic rings. The van der Waals surface area contributed by atoms with E-state index in [2.05, 4.69) is 6.92 Å². The van der Waals surface area contributed by atoms with Gasteiger partial charge in [0.05, 0.1) is 18.0 Å². The number of nitrogen functional groups attached to an aromatic ring is 1. The first kappa shape index (κ1) is 15.2. The van der Waals surface area contributed by atoms with Crippen molar-refractivity contribution in [2.24, 2.45) is 0 Å². The van der Waals surface area contributed by atoms with Gasteiger partial charge < -0.3 is 15.0 Å². The lowest BCUT2D eigenvalue weighted by Gasteiger charge is -2.14. The van der Waals surface area contributed by atoms with Crippen LogP contribution in [0.15, 0.2) is 41.2 Å². The lowest BCUT2D eigenvalue weighted by atomic mass is 10.1. The van der Waals surface area contributed by atoms with E-state index >= 15 is 0 Å². The van der Waals surface area contributed by atoms with Crippen LogP contribution in [0.4, 0.5) is 5.69 Å². The number of nitrogens with two attached hydrogens (primary N) is 1. The Balaban J connectivity index is 2.42. The molecule has 0 radical (unpaired) electrons. The maximum atomic E-state index is 12.3. The number of pyridine rings is 1. The van der Waals surface area contributed by atoms with Crippen molar-refractivity contribution in [1.82, 2.24) is 4.57 Å². The van der Waals surface area contributed by atoms with Crippen molar-refractivity contribution in [3.63, 3.8) is 0 Å². The van der Waals surface area contributed by atoms with Gasteiger partial charge >= 0.3 is 0 Å². The van der Waals surface area contributed by atoms with E-state index in [9.17, 15) is 4.79 Å². The summed E-state index contributed by atoms with van der Waals surface area (Å²) in [6, 6.07) is 11.4. The molecule has 4 nitrogen and oxygen atoms in total. The van der Waals surface area contributed by atoms with Crippen LogP contribution in [0.1, 0.15) is 26.7 Å². The molecule has 0 fully saturated rings. The van der Waals surface area contributed by atoms with Crippen molar-refractivity contribution in [2.75, 3.05) is 12.3 Å². The molecule has 0 aliphatic heterocycles. The molecular formula is C17H22N2O2. The Morgan fingerprint density at radius 1 is 1.10 bits per heavy atom. The molecule has 2 N–H and O–H groups in total. The van der Waals surface area contributed by atoms with E-state index in [4.69, 9.17) is 10.5 Å². The zero-order chi connectivity index (χ0) is 15.2. The second-order valence-corrected chi connectivity index (χ2v) is 4.94. The maximum Gasteiger partial charge on any atom is 0.274 e. The molecule has 0 aliphatic rings. The van der Waals surface area contributed by atoms with Gasteiger partial charge in [-0.05, 0) is 55.3 Å². The smallest absolute Gasteiger partial charge is 0.274 e. The average Bonchev–Trinajstić information content (AvgIpc) is 2.50. The van der Waals surface area contributed by atoms with Crippen molar-refractivity contribution >= 4 is 5.69 Å². The number of ether oxygens (including phenoxy) is 1. The van der Waals surface area contributed by atoms with E-state index in [0.717, 1.165) is 29.8 Å². The van der Waals surface area contributed by atoms with Crippen LogP contribution in [-0.4, -0.2) is 11.2 Å². The molecule has 0 atom stereocenters. The molecule has 1 aromatic carbocycles. The molecule has 0 spiro atoms. The quantitative estimate of drug-likeness (QED) is 0.886. The Morgan fingerprint density at radius 2 is 1.81 bits per heavy atom. The van der Waals surface area contributed by atoms with Crippen molar-refractivity contribution in [3.8, 4) is 17.0 Å². The van der Waals surface area contributed by atoms with Gasteiger partial charge in [-0.15, -0.1) is 0 Å². The highest BCUT2D eigenvalue weighted by atomic mass is 16.5. The van der Waals surface area contributed by atoms with Gasteiger partial charge in [0, 0.05) is 6.54 Å². The Labute approximate surface area is 125 Å². The lowest BCUT2D eigenvalue weighted by Crippen LogP contribution is -2.24. The Kier molecular flexibility index (Phi) is 5.04. The third-order valence-corrected chi connectivity index (χ3v) is 3.40. The van der Waals surface area contributed by atoms with E-state index in [0.29, 0.717) is 18.8 Å². The minimum absolute atomic E-state index is 0.116. The molecular weight excluding hydrogens is 264 g/mol. The van der Waals surface area contributed by atoms with Crippen molar-refractivity contribution < 1.29 is 4.74 Å². The van der Waals surface area contributed by atoms with E-state index in [-0.39, 0.29) is 5.56 Å². The molecule has 0 unspecified atom stereocenters. The van der Waals surface area contributed by atoms with Gasteiger partial charge in [-0.1, -0.05) is 13.3 Å². The van der Waals surface area contributed by atoms with Gasteiger partial charge in [-0.2, -0.15) is 0 Å². The number of aromatic nitrogens is 1. The Morgan fingerprint density at radius 3 is 2.43 bits per heavy atom. The maximum absolute atomic E-state index is 12.3. The number of rotatable bonds is 6. The average molecular weight is 286 g/mol. The summed E-state index contributed by atoms with van der Waals surface area (Å²) in [6.07, 6.45) is 1.98. The highest BCUT2D eigenvalue weighted by molar-refractivity contribution is 5.62. The van der Waals surface area contributed by atoms with Gasteiger partial charge in [0.2, 0.25) is 0 Å². The second-order valence-electron chi connectivity index (χ2n) is 4.94. The molecule has 1 heterocycles. The summed E-state index contributed by atoms with van der Waals surface area (Å²) < 4.78 is 7.20. The molecule has 1 aromatic heterocycles. The van der Waals surface area contributed by atoms with E-state index < -0.39 is 0 Å². The van der Waals surface area contributed by atoms with Crippen molar-refractivity contribution in [3.05, 3.63) is 46.8 Å². The molecule has 4 heteroatoms. The molecule has 0 amide bonds. The monoisotopic (exact) mass is 286 g/mol. The van der Waals surface area contributed by atoms with Crippen LogP contribution in [0.25, 0.3) is 11.3 Å². The van der Waals surface area contributed by atoms with Crippen LogP contribution in [0.2, 0.25) is 0 Å². The summed E-state index contributed by atoms with van der Waals surface area (Å²) in [4.78, 5) is 12.3. The third-order valence-electron chi connectivity index (χ3n) is 3.40. The highest BCUT2D eigenvalue weighted by Crippen LogP contribution is 2.22. The topological polar surface area (TPSA) is 57.2 Å². The standard InChI is InChI=1S/C17H22N2O2/c1-3-5-12-19-16(11-10-15(18)17(19)20)13-6-8-14(9-7-13)21-4-2/h6-11H,3-5,12,18H2,1-2H3. The first-order valence-electron chi connectivity index (χ1n) is 7.40. The Bertz CT molecular complexity index is 645. The number of unbranched alkanes of at least 4 members (excludes halogenated alkanes) is 1. The van der Waals surface area contributed by atoms with E-state index in [1.165, 1.54) is 0 Å². The number of benzene rings is 1. The van der Waals surface area contributed by atoms with Gasteiger partial charge in [0.1, 0.15) is 5.75 Å². The first-order valence-corrected chi connectivity index (χ1v) is 7.40. The summed E-state index contributed by atoms with van der Waals surface area (Å²) in [5, 5.41) is 0. The lowest BCUT2D eigenvalue weighted by molar-refractivity contribution is 0.340. The summed E-state index contributed by atoms with van der Waals surface area (Å²) >= 11 is 0. The number of hydrogen-bond donors (Lipinski definition) is 1. The predicted molar refractivity (Wildman–Crippen MR) is 86.6 cm³/mol. The fourth-order valence-electron chi connectivity index (χ4n) is 2.27. The predicted octanol–water partition coefficient (Wildman–Crippen LogP) is 3.30. The van der Waals surface area contributed by atoms with Crippen LogP contribution in [-0.2, 0) is 6.54 Å². The van der Waals surface area contributed by atoms with Crippen molar-refractivity contribution in [1.29, 1.82) is 0 Å². The summed E-state index contributed by atoms with van der Waals surface area (Å²) in [7, 11) is 0. The largest absolute Gasteiger partial charge is 0.494 e. The highest BCUT2D eigenvalue weighted by Gasteiger charge is 2.08. The molecule has 0 saturated heterocycles. The van der Waals surface area contributed by atoms with Crippen LogP contribution in [0.5, 0.6) is 5.75 Å². The molecule has 0 saturated carbocycles. The molecule has 0 aliphatic carbocycles. The van der Waals surface area contributed by atoms with Crippen LogP contribution >= 0.6 is 0 Å². The van der Waals surface area contributed by atoms with E-state index in [1.54, 1.807) is 10.6 Å². The minimum atomic E-state index is -0.116. The van der Waals surface area contributed by atoms with Gasteiger partial charge in [-0.3, -0.25) is 4.79 Å². The normalized spacial score (nSPS) is 10.6. The van der Waals surface area contributed by atoms with Crippen molar-refractivity contribution in [2.45, 2.75) is 33.2 Å². The van der Waals surface area contributed by atoms with Gasteiger partial charge in [-0.25, -0.2) is 0 Å². The third kappa shape index (κ3) is 3.45. The van der Waals surface area contributed by atoms with Gasteiger partial charge in [0.15, 0.2) is 0 Å². The van der Waals surface area contributed by atoms with Crippen LogP contribution in [0, 0.1) is 0 Å². The number of nitrogens with zero attached hydrogens (tertiary/aromatic N) is 1. The SMILES string of the molecule is CCCCn1c(-c2ccc(OCC)cc2)ccc(N)c1=O. The van der Waals surface area contributed by atoms with Gasteiger partial charge in [0.25, 0.3) is 5.56 Å². The first-order chi connectivity index (χ1) is 10.2. The molecule has 2 rings (SSSR count). The molecule has 21 heavy (non-hydrogen) atoms. The Hall–Kier alpha value is -2.23. The summed E-state index contributed by atoms with van der Waals surface area (Å²) in [5.74, 6) is 0.833. The summed E-state index contributed by atoms with van der Waals surface area (Å²) in [6.45, 7) is 5.38.